The number of carbonyl (C=O) groups is 1. The van der Waals surface area contributed by atoms with E-state index in [1.54, 1.807) is 0 Å². The first kappa shape index (κ1) is 9.25. The fraction of sp³-hybridized carbons (Fsp3) is 0.167. The highest BCUT2D eigenvalue weighted by molar-refractivity contribution is 6.01. The van der Waals surface area contributed by atoms with Crippen LogP contribution in [0.4, 0.5) is 13.2 Å². The van der Waals surface area contributed by atoms with Crippen LogP contribution in [0.3, 0.4) is 0 Å². The fourth-order valence-electron chi connectivity index (χ4n) is 0.696. The van der Waals surface area contributed by atoms with E-state index in [0.717, 1.165) is 0 Å². The number of ketones is 1. The molecule has 13 heavy (non-hydrogen) atoms. The highest BCUT2D eigenvalue weighted by Gasteiger charge is 2.41. The molecule has 1 aromatic heterocycles. The molecule has 7 heteroatoms. The number of hydrogen-bond donors (Lipinski definition) is 1. The number of H-pyrrole nitrogens is 1. The number of rotatable bonds is 1. The summed E-state index contributed by atoms with van der Waals surface area (Å²) in [4.78, 5) is 10.6. The van der Waals surface area contributed by atoms with Gasteiger partial charge >= 0.3 is 6.18 Å². The molecule has 0 saturated carbocycles. The molecule has 1 heterocycles. The molecule has 1 rings (SSSR count). The summed E-state index contributed by atoms with van der Waals surface area (Å²) in [5.74, 6) is -2.07. The number of nitriles is 1. The predicted octanol–water partition coefficient (Wildman–Crippen LogP) is 1.03. The van der Waals surface area contributed by atoms with Gasteiger partial charge in [-0.2, -0.15) is 23.5 Å². The van der Waals surface area contributed by atoms with Gasteiger partial charge in [0, 0.05) is 0 Å². The van der Waals surface area contributed by atoms with Crippen LogP contribution in [0.25, 0.3) is 0 Å². The Hall–Kier alpha value is -1.84. The van der Waals surface area contributed by atoms with E-state index in [-0.39, 0.29) is 0 Å². The van der Waals surface area contributed by atoms with Crippen LogP contribution in [0.1, 0.15) is 16.1 Å². The molecule has 4 nitrogen and oxygen atoms in total. The smallest absolute Gasteiger partial charge is 0.284 e. The minimum absolute atomic E-state index is 0.484. The zero-order chi connectivity index (χ0) is 10.1. The van der Waals surface area contributed by atoms with E-state index in [2.05, 4.69) is 5.10 Å². The van der Waals surface area contributed by atoms with Gasteiger partial charge in [0.05, 0.1) is 11.8 Å². The normalized spacial score (nSPS) is 10.9. The van der Waals surface area contributed by atoms with E-state index in [9.17, 15) is 18.0 Å². The molecule has 0 aliphatic rings. The van der Waals surface area contributed by atoms with Crippen molar-refractivity contribution in [3.05, 3.63) is 17.5 Å². The van der Waals surface area contributed by atoms with Crippen molar-refractivity contribution < 1.29 is 18.0 Å². The average Bonchev–Trinajstić information content (AvgIpc) is 2.48. The molecule has 0 spiro atoms. The Morgan fingerprint density at radius 3 is 2.69 bits per heavy atom. The summed E-state index contributed by atoms with van der Waals surface area (Å²) in [7, 11) is 0. The highest BCUT2D eigenvalue weighted by Crippen LogP contribution is 2.22. The Morgan fingerprint density at radius 2 is 2.23 bits per heavy atom. The lowest BCUT2D eigenvalue weighted by Gasteiger charge is -2.01. The number of carbonyl (C=O) groups excluding carboxylic acids is 1. The minimum Gasteiger partial charge on any atom is -0.284 e. The van der Waals surface area contributed by atoms with Gasteiger partial charge < -0.3 is 0 Å². The number of nitrogens with one attached hydrogen (secondary N) is 1. The van der Waals surface area contributed by atoms with Crippen LogP contribution in [-0.4, -0.2) is 22.2 Å². The maximum atomic E-state index is 11.8. The summed E-state index contributed by atoms with van der Waals surface area (Å²) < 4.78 is 35.5. The van der Waals surface area contributed by atoms with Crippen LogP contribution in [0.15, 0.2) is 6.20 Å². The van der Waals surface area contributed by atoms with Gasteiger partial charge in [0.1, 0.15) is 11.8 Å². The molecule has 0 saturated heterocycles. The number of alkyl halides is 3. The van der Waals surface area contributed by atoms with Crippen molar-refractivity contribution in [1.29, 1.82) is 5.26 Å². The third kappa shape index (κ3) is 1.66. The second-order valence-electron chi connectivity index (χ2n) is 2.10. The van der Waals surface area contributed by atoms with Crippen LogP contribution in [0.5, 0.6) is 0 Å². The Kier molecular flexibility index (Phi) is 2.06. The summed E-state index contributed by atoms with van der Waals surface area (Å²) in [6.07, 6.45) is -4.30. The minimum atomic E-state index is -4.98. The maximum absolute atomic E-state index is 11.8. The molecule has 0 atom stereocenters. The van der Waals surface area contributed by atoms with Crippen molar-refractivity contribution in [3.63, 3.8) is 0 Å². The first-order valence-electron chi connectivity index (χ1n) is 3.02. The Bertz CT molecular complexity index is 373. The molecular weight excluding hydrogens is 187 g/mol. The van der Waals surface area contributed by atoms with E-state index >= 15 is 0 Å². The van der Waals surface area contributed by atoms with Crippen LogP contribution >= 0.6 is 0 Å². The number of halogens is 3. The first-order valence-corrected chi connectivity index (χ1v) is 3.02. The lowest BCUT2D eigenvalue weighted by atomic mass is 10.2. The van der Waals surface area contributed by atoms with Gasteiger partial charge in [-0.25, -0.2) is 0 Å². The molecule has 68 valence electrons. The average molecular weight is 189 g/mol. The molecule has 0 fully saturated rings. The molecule has 0 bridgehead atoms. The van der Waals surface area contributed by atoms with Gasteiger partial charge in [0.25, 0.3) is 5.78 Å². The third-order valence-corrected chi connectivity index (χ3v) is 1.25. The van der Waals surface area contributed by atoms with Gasteiger partial charge in [-0.15, -0.1) is 0 Å². The Balaban J connectivity index is 3.11. The number of Topliss-reactive ketones (excluding diaryl/α,β-unsaturated/α-hetero) is 1. The second-order valence-corrected chi connectivity index (χ2v) is 2.10. The van der Waals surface area contributed by atoms with E-state index in [1.807, 2.05) is 5.10 Å². The number of hydrogen-bond acceptors (Lipinski definition) is 3. The summed E-state index contributed by atoms with van der Waals surface area (Å²) in [5.41, 5.74) is -1.24. The quantitative estimate of drug-likeness (QED) is 0.670. The van der Waals surface area contributed by atoms with Gasteiger partial charge in [0.15, 0.2) is 0 Å². The summed E-state index contributed by atoms with van der Waals surface area (Å²) in [5, 5.41) is 13.4. The van der Waals surface area contributed by atoms with Crippen molar-refractivity contribution in [1.82, 2.24) is 10.2 Å². The molecule has 0 aromatic carbocycles. The van der Waals surface area contributed by atoms with Crippen LogP contribution in [-0.2, 0) is 0 Å². The van der Waals surface area contributed by atoms with Gasteiger partial charge in [-0.05, 0) is 0 Å². The van der Waals surface area contributed by atoms with Crippen molar-refractivity contribution in [3.8, 4) is 6.07 Å². The van der Waals surface area contributed by atoms with Gasteiger partial charge in [-0.1, -0.05) is 0 Å². The molecule has 1 aromatic rings. The lowest BCUT2D eigenvalue weighted by Crippen LogP contribution is -2.23. The summed E-state index contributed by atoms with van der Waals surface area (Å²) in [6.45, 7) is 0. The van der Waals surface area contributed by atoms with E-state index in [4.69, 9.17) is 5.26 Å². The molecule has 0 radical (unpaired) electrons. The zero-order valence-corrected chi connectivity index (χ0v) is 6.01. The maximum Gasteiger partial charge on any atom is 0.455 e. The number of aromatic nitrogens is 2. The van der Waals surface area contributed by atoms with Crippen molar-refractivity contribution in [2.45, 2.75) is 6.18 Å². The largest absolute Gasteiger partial charge is 0.455 e. The highest BCUT2D eigenvalue weighted by atomic mass is 19.4. The number of aromatic amines is 1. The van der Waals surface area contributed by atoms with E-state index < -0.39 is 23.2 Å². The molecule has 1 N–H and O–H groups in total. The van der Waals surface area contributed by atoms with Crippen LogP contribution < -0.4 is 0 Å². The van der Waals surface area contributed by atoms with E-state index in [0.29, 0.717) is 6.20 Å². The molecule has 0 aliphatic carbocycles. The van der Waals surface area contributed by atoms with E-state index in [1.165, 1.54) is 6.07 Å². The number of nitrogens with zero attached hydrogens (tertiary/aromatic N) is 2. The lowest BCUT2D eigenvalue weighted by molar-refractivity contribution is -0.0885. The topological polar surface area (TPSA) is 69.5 Å². The molecule has 0 aliphatic heterocycles. The van der Waals surface area contributed by atoms with Crippen molar-refractivity contribution >= 4 is 5.78 Å². The second kappa shape index (κ2) is 2.90. The van der Waals surface area contributed by atoms with Gasteiger partial charge in [0.2, 0.25) is 0 Å². The summed E-state index contributed by atoms with van der Waals surface area (Å²) in [6, 6.07) is 1.39. The molecule has 0 unspecified atom stereocenters. The standard InChI is InChI=1S/C6H2F3N3O/c7-6(8,9)5(13)3-2-11-12-4(3)1-10/h2H,(H,11,12). The third-order valence-electron chi connectivity index (χ3n) is 1.25. The van der Waals surface area contributed by atoms with Crippen molar-refractivity contribution in [2.75, 3.05) is 0 Å². The van der Waals surface area contributed by atoms with Crippen LogP contribution in [0, 0.1) is 11.3 Å². The Morgan fingerprint density at radius 1 is 1.62 bits per heavy atom. The monoisotopic (exact) mass is 189 g/mol. The predicted molar refractivity (Wildman–Crippen MR) is 33.7 cm³/mol. The zero-order valence-electron chi connectivity index (χ0n) is 6.01. The molecule has 0 amide bonds. The SMILES string of the molecule is N#Cc1[nH]ncc1C(=O)C(F)(F)F. The van der Waals surface area contributed by atoms with Crippen LogP contribution in [0.2, 0.25) is 0 Å². The fourth-order valence-corrected chi connectivity index (χ4v) is 0.696. The van der Waals surface area contributed by atoms with Gasteiger partial charge in [-0.3, -0.25) is 9.89 Å². The summed E-state index contributed by atoms with van der Waals surface area (Å²) >= 11 is 0. The Labute approximate surface area is 70.0 Å². The molecular formula is C6H2F3N3O. The van der Waals surface area contributed by atoms with Crippen molar-refractivity contribution in [2.24, 2.45) is 0 Å². The first-order chi connectivity index (χ1) is 5.96.